The van der Waals surface area contributed by atoms with Gasteiger partial charge in [-0.2, -0.15) is 5.10 Å². The fraction of sp³-hybridized carbons (Fsp3) is 0.500. The second-order valence-electron chi connectivity index (χ2n) is 5.04. The number of thiophene rings is 1. The average molecular weight is 278 g/mol. The van der Waals surface area contributed by atoms with Gasteiger partial charge in [0.2, 0.25) is 0 Å². The molecule has 2 aromatic heterocycles. The fourth-order valence-electron chi connectivity index (χ4n) is 2.19. The molecule has 0 saturated carbocycles. The van der Waals surface area contributed by atoms with Crippen molar-refractivity contribution in [2.24, 2.45) is 0 Å². The number of nitrogens with one attached hydrogen (secondary N) is 2. The van der Waals surface area contributed by atoms with Gasteiger partial charge >= 0.3 is 0 Å². The summed E-state index contributed by atoms with van der Waals surface area (Å²) in [6.45, 7) is 5.92. The highest BCUT2D eigenvalue weighted by Crippen LogP contribution is 2.22. The highest BCUT2D eigenvalue weighted by atomic mass is 32.1. The second kappa shape index (κ2) is 6.32. The highest BCUT2D eigenvalue weighted by Gasteiger charge is 2.15. The monoisotopic (exact) mass is 278 g/mol. The van der Waals surface area contributed by atoms with E-state index in [1.165, 1.54) is 10.4 Å². The molecule has 19 heavy (non-hydrogen) atoms. The van der Waals surface area contributed by atoms with Crippen molar-refractivity contribution >= 4 is 11.3 Å². The normalized spacial score (nSPS) is 13.1. The van der Waals surface area contributed by atoms with E-state index in [-0.39, 0.29) is 0 Å². The zero-order valence-corrected chi connectivity index (χ0v) is 12.8. The van der Waals surface area contributed by atoms with Gasteiger partial charge in [0, 0.05) is 29.2 Å². The smallest absolute Gasteiger partial charge is 0.0638 e. The molecule has 2 aromatic rings. The number of rotatable bonds is 6. The van der Waals surface area contributed by atoms with Gasteiger partial charge in [0.15, 0.2) is 0 Å². The van der Waals surface area contributed by atoms with Crippen LogP contribution in [0.3, 0.4) is 0 Å². The van der Waals surface area contributed by atoms with Gasteiger partial charge in [-0.05, 0) is 39.4 Å². The molecular formula is C14H22N4S. The highest BCUT2D eigenvalue weighted by molar-refractivity contribution is 7.10. The summed E-state index contributed by atoms with van der Waals surface area (Å²) < 4.78 is 0. The molecule has 0 aromatic carbocycles. The molecule has 0 unspecified atom stereocenters. The van der Waals surface area contributed by atoms with Crippen LogP contribution in [0.15, 0.2) is 17.5 Å². The maximum atomic E-state index is 4.23. The van der Waals surface area contributed by atoms with Gasteiger partial charge in [0.05, 0.1) is 11.7 Å². The minimum absolute atomic E-state index is 0.424. The minimum atomic E-state index is 0.424. The summed E-state index contributed by atoms with van der Waals surface area (Å²) in [5, 5.41) is 12.9. The summed E-state index contributed by atoms with van der Waals surface area (Å²) in [5.74, 6) is 0. The van der Waals surface area contributed by atoms with Crippen molar-refractivity contribution in [3.8, 4) is 0 Å². The lowest BCUT2D eigenvalue weighted by molar-refractivity contribution is 0.292. The van der Waals surface area contributed by atoms with Crippen LogP contribution in [0.2, 0.25) is 0 Å². The second-order valence-corrected chi connectivity index (χ2v) is 6.02. The predicted octanol–water partition coefficient (Wildman–Crippen LogP) is 2.48. The quantitative estimate of drug-likeness (QED) is 0.853. The van der Waals surface area contributed by atoms with Crippen molar-refractivity contribution in [3.63, 3.8) is 0 Å². The lowest BCUT2D eigenvalue weighted by Gasteiger charge is -2.23. The first-order valence-corrected chi connectivity index (χ1v) is 7.38. The molecule has 2 heterocycles. The van der Waals surface area contributed by atoms with Crippen molar-refractivity contribution < 1.29 is 0 Å². The molecule has 0 fully saturated rings. The standard InChI is InChI=1S/C14H22N4S/c1-10-12(11(2)17-16-10)8-15-9-13(18(3)4)14-6-5-7-19-14/h5-7,13,15H,8-9H2,1-4H3,(H,16,17)/t13-/m0/s1. The Morgan fingerprint density at radius 3 is 2.74 bits per heavy atom. The van der Waals surface area contributed by atoms with Gasteiger partial charge in [0.25, 0.3) is 0 Å². The summed E-state index contributed by atoms with van der Waals surface area (Å²) in [5.41, 5.74) is 3.52. The third-order valence-corrected chi connectivity index (χ3v) is 4.39. The SMILES string of the molecule is Cc1n[nH]c(C)c1CNC[C@@H](c1cccs1)N(C)C. The summed E-state index contributed by atoms with van der Waals surface area (Å²) in [4.78, 5) is 3.66. The fourth-order valence-corrected chi connectivity index (χ4v) is 3.11. The van der Waals surface area contributed by atoms with E-state index in [0.29, 0.717) is 6.04 Å². The van der Waals surface area contributed by atoms with E-state index in [9.17, 15) is 0 Å². The third-order valence-electron chi connectivity index (χ3n) is 3.42. The van der Waals surface area contributed by atoms with Crippen LogP contribution in [0.5, 0.6) is 0 Å². The van der Waals surface area contributed by atoms with Crippen LogP contribution >= 0.6 is 11.3 Å². The number of aromatic nitrogens is 2. The van der Waals surface area contributed by atoms with Crippen LogP contribution in [0.4, 0.5) is 0 Å². The number of aryl methyl sites for hydroxylation is 2. The summed E-state index contributed by atoms with van der Waals surface area (Å²) in [6.07, 6.45) is 0. The maximum Gasteiger partial charge on any atom is 0.0638 e. The van der Waals surface area contributed by atoms with Crippen LogP contribution in [0.25, 0.3) is 0 Å². The van der Waals surface area contributed by atoms with Gasteiger partial charge in [-0.25, -0.2) is 0 Å². The number of aromatic amines is 1. The summed E-state index contributed by atoms with van der Waals surface area (Å²) in [6, 6.07) is 4.74. The molecular weight excluding hydrogens is 256 g/mol. The molecule has 2 N–H and O–H groups in total. The zero-order chi connectivity index (χ0) is 13.8. The van der Waals surface area contributed by atoms with Gasteiger partial charge in [-0.15, -0.1) is 11.3 Å². The first-order chi connectivity index (χ1) is 9.09. The summed E-state index contributed by atoms with van der Waals surface area (Å²) >= 11 is 1.81. The molecule has 0 bridgehead atoms. The topological polar surface area (TPSA) is 44.0 Å². The summed E-state index contributed by atoms with van der Waals surface area (Å²) in [7, 11) is 4.25. The van der Waals surface area contributed by atoms with Crippen LogP contribution in [0, 0.1) is 13.8 Å². The minimum Gasteiger partial charge on any atom is -0.311 e. The molecule has 0 aliphatic rings. The van der Waals surface area contributed by atoms with Crippen molar-refractivity contribution in [1.82, 2.24) is 20.4 Å². The average Bonchev–Trinajstić information content (AvgIpc) is 2.97. The number of hydrogen-bond acceptors (Lipinski definition) is 4. The third kappa shape index (κ3) is 3.43. The van der Waals surface area contributed by atoms with Gasteiger partial charge < -0.3 is 10.2 Å². The van der Waals surface area contributed by atoms with Crippen LogP contribution in [-0.2, 0) is 6.54 Å². The van der Waals surface area contributed by atoms with Crippen molar-refractivity contribution in [3.05, 3.63) is 39.3 Å². The first-order valence-electron chi connectivity index (χ1n) is 6.50. The molecule has 0 amide bonds. The van der Waals surface area contributed by atoms with Crippen molar-refractivity contribution in [2.75, 3.05) is 20.6 Å². The van der Waals surface area contributed by atoms with Crippen molar-refractivity contribution in [2.45, 2.75) is 26.4 Å². The van der Waals surface area contributed by atoms with Crippen LogP contribution < -0.4 is 5.32 Å². The molecule has 0 saturated heterocycles. The molecule has 5 heteroatoms. The largest absolute Gasteiger partial charge is 0.311 e. The van der Waals surface area contributed by atoms with E-state index in [1.807, 2.05) is 18.3 Å². The molecule has 0 radical (unpaired) electrons. The van der Waals surface area contributed by atoms with Crippen LogP contribution in [0.1, 0.15) is 27.9 Å². The Bertz CT molecular complexity index is 482. The Balaban J connectivity index is 1.94. The van der Waals surface area contributed by atoms with Gasteiger partial charge in [-0.1, -0.05) is 6.07 Å². The maximum absolute atomic E-state index is 4.23. The van der Waals surface area contributed by atoms with E-state index in [4.69, 9.17) is 0 Å². The molecule has 0 aliphatic carbocycles. The Morgan fingerprint density at radius 2 is 2.21 bits per heavy atom. The van der Waals surface area contributed by atoms with Gasteiger partial charge in [0.1, 0.15) is 0 Å². The Labute approximate surface area is 118 Å². The van der Waals surface area contributed by atoms with E-state index in [0.717, 1.165) is 24.5 Å². The van der Waals surface area contributed by atoms with E-state index in [2.05, 4.69) is 58.9 Å². The lowest BCUT2D eigenvalue weighted by Crippen LogP contribution is -2.30. The Hall–Kier alpha value is -1.17. The van der Waals surface area contributed by atoms with Gasteiger partial charge in [-0.3, -0.25) is 5.10 Å². The predicted molar refractivity (Wildman–Crippen MR) is 80.5 cm³/mol. The molecule has 1 atom stereocenters. The van der Waals surface area contributed by atoms with E-state index in [1.54, 1.807) is 0 Å². The van der Waals surface area contributed by atoms with Crippen LogP contribution in [-0.4, -0.2) is 35.7 Å². The number of nitrogens with zero attached hydrogens (tertiary/aromatic N) is 2. The first kappa shape index (κ1) is 14.2. The lowest BCUT2D eigenvalue weighted by atomic mass is 10.2. The molecule has 104 valence electrons. The van der Waals surface area contributed by atoms with E-state index >= 15 is 0 Å². The molecule has 2 rings (SSSR count). The molecule has 0 spiro atoms. The zero-order valence-electron chi connectivity index (χ0n) is 12.0. The number of hydrogen-bond donors (Lipinski definition) is 2. The Kier molecular flexibility index (Phi) is 4.74. The molecule has 4 nitrogen and oxygen atoms in total. The number of likely N-dealkylation sites (N-methyl/N-ethyl adjacent to an activating group) is 1. The van der Waals surface area contributed by atoms with Crippen molar-refractivity contribution in [1.29, 1.82) is 0 Å². The Morgan fingerprint density at radius 1 is 1.42 bits per heavy atom. The molecule has 0 aliphatic heterocycles. The van der Waals surface area contributed by atoms with E-state index < -0.39 is 0 Å². The number of H-pyrrole nitrogens is 1.